The fourth-order valence-electron chi connectivity index (χ4n) is 3.76. The Morgan fingerprint density at radius 1 is 1.17 bits per heavy atom. The van der Waals surface area contributed by atoms with E-state index < -0.39 is 0 Å². The van der Waals surface area contributed by atoms with Crippen LogP contribution in [0.4, 0.5) is 0 Å². The van der Waals surface area contributed by atoms with Gasteiger partial charge in [0.2, 0.25) is 0 Å². The number of aromatic nitrogens is 3. The molecular weight excluding hydrogens is 368 g/mol. The average Bonchev–Trinajstić information content (AvgIpc) is 3.34. The number of aryl methyl sites for hydroxylation is 1. The highest BCUT2D eigenvalue weighted by molar-refractivity contribution is 5.91. The Kier molecular flexibility index (Phi) is 4.73. The van der Waals surface area contributed by atoms with Crippen molar-refractivity contribution in [2.45, 2.75) is 32.3 Å². The zero-order chi connectivity index (χ0) is 19.6. The van der Waals surface area contributed by atoms with Crippen LogP contribution in [0.3, 0.4) is 0 Å². The van der Waals surface area contributed by atoms with E-state index in [0.717, 1.165) is 53.8 Å². The summed E-state index contributed by atoms with van der Waals surface area (Å²) in [6.07, 6.45) is 6.32. The highest BCUT2D eigenvalue weighted by Crippen LogP contribution is 2.38. The molecular formula is C22H22N4O3. The van der Waals surface area contributed by atoms with Gasteiger partial charge >= 0.3 is 0 Å². The summed E-state index contributed by atoms with van der Waals surface area (Å²) in [4.78, 5) is 8.65. The number of rotatable bonds is 5. The quantitative estimate of drug-likeness (QED) is 0.553. The van der Waals surface area contributed by atoms with E-state index >= 15 is 0 Å². The normalized spacial score (nSPS) is 15.1. The number of piperidine rings is 1. The number of benzene rings is 1. The molecule has 0 radical (unpaired) electrons. The molecule has 1 saturated heterocycles. The molecule has 0 aliphatic carbocycles. The van der Waals surface area contributed by atoms with E-state index in [1.165, 1.54) is 0 Å². The Morgan fingerprint density at radius 2 is 2.07 bits per heavy atom. The maximum atomic E-state index is 6.31. The minimum atomic E-state index is 0.217. The van der Waals surface area contributed by atoms with Gasteiger partial charge in [0.25, 0.3) is 5.89 Å². The smallest absolute Gasteiger partial charge is 0.293 e. The molecule has 29 heavy (non-hydrogen) atoms. The van der Waals surface area contributed by atoms with Gasteiger partial charge in [-0.15, -0.1) is 0 Å². The van der Waals surface area contributed by atoms with Crippen LogP contribution in [-0.2, 0) is 6.42 Å². The lowest BCUT2D eigenvalue weighted by Gasteiger charge is -2.24. The summed E-state index contributed by atoms with van der Waals surface area (Å²) in [7, 11) is 0. The molecule has 1 aliphatic rings. The molecule has 0 bridgehead atoms. The van der Waals surface area contributed by atoms with Gasteiger partial charge in [-0.1, -0.05) is 17.3 Å². The summed E-state index contributed by atoms with van der Waals surface area (Å²) in [5.74, 6) is 2.41. The first-order chi connectivity index (χ1) is 14.3. The molecule has 0 unspecified atom stereocenters. The Bertz CT molecular complexity index is 1110. The van der Waals surface area contributed by atoms with Crippen LogP contribution < -0.4 is 10.1 Å². The lowest BCUT2D eigenvalue weighted by molar-refractivity contribution is 0.164. The minimum Gasteiger partial charge on any atom is -0.490 e. The number of fused-ring (bicyclic) bond motifs is 1. The van der Waals surface area contributed by atoms with Gasteiger partial charge in [0, 0.05) is 24.4 Å². The predicted octanol–water partition coefficient (Wildman–Crippen LogP) is 3.91. The molecule has 7 nitrogen and oxygen atoms in total. The van der Waals surface area contributed by atoms with Crippen molar-refractivity contribution in [3.63, 3.8) is 0 Å². The molecule has 5 rings (SSSR count). The number of hydrogen-bond donors (Lipinski definition) is 1. The zero-order valence-corrected chi connectivity index (χ0v) is 16.2. The van der Waals surface area contributed by atoms with Crippen LogP contribution in [0.1, 0.15) is 29.8 Å². The highest BCUT2D eigenvalue weighted by Gasteiger charge is 2.23. The molecule has 1 aliphatic heterocycles. The van der Waals surface area contributed by atoms with Gasteiger partial charge in [0.1, 0.15) is 17.4 Å². The molecule has 7 heteroatoms. The molecule has 4 aromatic rings. The van der Waals surface area contributed by atoms with Gasteiger partial charge in [-0.3, -0.25) is 4.98 Å². The Morgan fingerprint density at radius 3 is 2.90 bits per heavy atom. The van der Waals surface area contributed by atoms with Crippen molar-refractivity contribution in [2.75, 3.05) is 13.1 Å². The van der Waals surface area contributed by atoms with E-state index in [0.29, 0.717) is 23.9 Å². The first-order valence-corrected chi connectivity index (χ1v) is 9.89. The second-order valence-corrected chi connectivity index (χ2v) is 7.31. The van der Waals surface area contributed by atoms with Crippen LogP contribution >= 0.6 is 0 Å². The van der Waals surface area contributed by atoms with Crippen LogP contribution in [0.15, 0.2) is 51.7 Å². The van der Waals surface area contributed by atoms with Crippen molar-refractivity contribution in [3.8, 4) is 17.4 Å². The number of furan rings is 1. The summed E-state index contributed by atoms with van der Waals surface area (Å²) in [6.45, 7) is 3.97. The number of nitrogens with one attached hydrogen (secondary N) is 1. The monoisotopic (exact) mass is 390 g/mol. The van der Waals surface area contributed by atoms with E-state index in [1.54, 1.807) is 12.4 Å². The maximum absolute atomic E-state index is 6.31. The molecule has 3 aromatic heterocycles. The number of pyridine rings is 1. The van der Waals surface area contributed by atoms with Gasteiger partial charge < -0.3 is 19.0 Å². The predicted molar refractivity (Wildman–Crippen MR) is 108 cm³/mol. The Labute approximate surface area is 168 Å². The number of ether oxygens (including phenoxy) is 1. The van der Waals surface area contributed by atoms with Crippen LogP contribution in [0, 0.1) is 6.92 Å². The Balaban J connectivity index is 1.45. The zero-order valence-electron chi connectivity index (χ0n) is 16.2. The fourth-order valence-corrected chi connectivity index (χ4v) is 3.76. The van der Waals surface area contributed by atoms with Gasteiger partial charge in [-0.25, -0.2) is 0 Å². The van der Waals surface area contributed by atoms with Crippen LogP contribution in [0.2, 0.25) is 0 Å². The number of hydrogen-bond acceptors (Lipinski definition) is 7. The molecule has 1 fully saturated rings. The van der Waals surface area contributed by atoms with E-state index in [2.05, 4.69) is 20.4 Å². The molecule has 0 saturated carbocycles. The standard InChI is InChI=1S/C22H22N4O3/c1-14-20-17(27-16-7-10-23-11-8-16)5-2-6-18(20)28-21(14)22-25-19(26-29-22)12-15-4-3-9-24-13-15/h2-6,9,13,16,23H,7-8,10-12H2,1H3. The number of nitrogens with zero attached hydrogens (tertiary/aromatic N) is 3. The van der Waals surface area contributed by atoms with Crippen molar-refractivity contribution in [2.24, 2.45) is 0 Å². The van der Waals surface area contributed by atoms with Crippen molar-refractivity contribution >= 4 is 11.0 Å². The molecule has 148 valence electrons. The third-order valence-electron chi connectivity index (χ3n) is 5.24. The highest BCUT2D eigenvalue weighted by atomic mass is 16.5. The lowest BCUT2D eigenvalue weighted by Crippen LogP contribution is -2.34. The van der Waals surface area contributed by atoms with Crippen LogP contribution in [-0.4, -0.2) is 34.3 Å². The second kappa shape index (κ2) is 7.67. The van der Waals surface area contributed by atoms with E-state index in [9.17, 15) is 0 Å². The second-order valence-electron chi connectivity index (χ2n) is 7.31. The fraction of sp³-hybridized carbons (Fsp3) is 0.318. The molecule has 1 N–H and O–H groups in total. The summed E-state index contributed by atoms with van der Waals surface area (Å²) in [6, 6.07) is 9.77. The first-order valence-electron chi connectivity index (χ1n) is 9.89. The van der Waals surface area contributed by atoms with Crippen LogP contribution in [0.25, 0.3) is 22.6 Å². The Hall–Kier alpha value is -3.19. The molecule has 0 spiro atoms. The lowest BCUT2D eigenvalue weighted by atomic mass is 10.1. The topological polar surface area (TPSA) is 86.2 Å². The van der Waals surface area contributed by atoms with E-state index in [-0.39, 0.29) is 6.10 Å². The minimum absolute atomic E-state index is 0.217. The average molecular weight is 390 g/mol. The summed E-state index contributed by atoms with van der Waals surface area (Å²) >= 11 is 0. The maximum Gasteiger partial charge on any atom is 0.293 e. The van der Waals surface area contributed by atoms with Crippen LogP contribution in [0.5, 0.6) is 5.75 Å². The summed E-state index contributed by atoms with van der Waals surface area (Å²) in [5.41, 5.74) is 2.73. The molecule has 1 aromatic carbocycles. The van der Waals surface area contributed by atoms with E-state index in [4.69, 9.17) is 13.7 Å². The molecule has 0 amide bonds. The van der Waals surface area contributed by atoms with Crippen molar-refractivity contribution in [3.05, 3.63) is 59.7 Å². The largest absolute Gasteiger partial charge is 0.490 e. The SMILES string of the molecule is Cc1c(-c2nc(Cc3cccnc3)no2)oc2cccc(OC3CCNCC3)c12. The molecule has 4 heterocycles. The van der Waals surface area contributed by atoms with Crippen molar-refractivity contribution in [1.29, 1.82) is 0 Å². The van der Waals surface area contributed by atoms with Gasteiger partial charge in [-0.2, -0.15) is 4.98 Å². The summed E-state index contributed by atoms with van der Waals surface area (Å²) < 4.78 is 17.9. The van der Waals surface area contributed by atoms with Gasteiger partial charge in [0.15, 0.2) is 11.6 Å². The van der Waals surface area contributed by atoms with Gasteiger partial charge in [0.05, 0.1) is 5.39 Å². The first kappa shape index (κ1) is 17.9. The van der Waals surface area contributed by atoms with Crippen molar-refractivity contribution in [1.82, 2.24) is 20.4 Å². The third-order valence-corrected chi connectivity index (χ3v) is 5.24. The summed E-state index contributed by atoms with van der Waals surface area (Å²) in [5, 5.41) is 8.43. The van der Waals surface area contributed by atoms with Crippen molar-refractivity contribution < 1.29 is 13.7 Å². The molecule has 0 atom stereocenters. The van der Waals surface area contributed by atoms with Gasteiger partial charge in [-0.05, 0) is 56.6 Å². The third kappa shape index (κ3) is 3.61. The van der Waals surface area contributed by atoms with E-state index in [1.807, 2.05) is 37.3 Å².